The minimum Gasteiger partial charge on any atom is -0.449 e. The first-order valence-electron chi connectivity index (χ1n) is 8.52. The van der Waals surface area contributed by atoms with E-state index in [1.165, 1.54) is 11.1 Å². The monoisotopic (exact) mass is 323 g/mol. The van der Waals surface area contributed by atoms with Gasteiger partial charge in [0.05, 0.1) is 12.3 Å². The summed E-state index contributed by atoms with van der Waals surface area (Å²) in [5, 5.41) is 0. The van der Waals surface area contributed by atoms with Crippen LogP contribution in [-0.2, 0) is 10.2 Å². The van der Waals surface area contributed by atoms with Gasteiger partial charge in [-0.2, -0.15) is 0 Å². The number of amides is 1. The third kappa shape index (κ3) is 2.58. The highest BCUT2D eigenvalue weighted by Gasteiger charge is 2.48. The van der Waals surface area contributed by atoms with E-state index < -0.39 is 0 Å². The maximum atomic E-state index is 12.6. The number of carbonyl (C=O) groups excluding carboxylic acids is 1. The maximum absolute atomic E-state index is 12.6. The van der Waals surface area contributed by atoms with E-state index in [4.69, 9.17) is 4.74 Å². The zero-order valence-corrected chi connectivity index (χ0v) is 14.9. The van der Waals surface area contributed by atoms with Crippen molar-refractivity contribution >= 4 is 11.8 Å². The lowest BCUT2D eigenvalue weighted by molar-refractivity contribution is 0.148. The van der Waals surface area contributed by atoms with Gasteiger partial charge in [-0.05, 0) is 44.4 Å². The molecule has 24 heavy (non-hydrogen) atoms. The smallest absolute Gasteiger partial charge is 0.414 e. The first-order valence-corrected chi connectivity index (χ1v) is 8.52. The Morgan fingerprint density at radius 3 is 2.33 bits per heavy atom. The van der Waals surface area contributed by atoms with Crippen LogP contribution in [0.15, 0.2) is 54.6 Å². The summed E-state index contributed by atoms with van der Waals surface area (Å²) in [6.45, 7) is 8.71. The van der Waals surface area contributed by atoms with Crippen molar-refractivity contribution in [1.82, 2.24) is 0 Å². The van der Waals surface area contributed by atoms with E-state index in [-0.39, 0.29) is 17.0 Å². The number of para-hydroxylation sites is 1. The van der Waals surface area contributed by atoms with Crippen LogP contribution >= 0.6 is 0 Å². The highest BCUT2D eigenvalue weighted by molar-refractivity contribution is 5.91. The molecular formula is C21H25NO2. The lowest BCUT2D eigenvalue weighted by Gasteiger charge is -2.50. The van der Waals surface area contributed by atoms with Crippen LogP contribution in [0.1, 0.15) is 45.2 Å². The predicted octanol–water partition coefficient (Wildman–Crippen LogP) is 5.14. The van der Waals surface area contributed by atoms with Crippen LogP contribution in [0, 0.1) is 0 Å². The Hall–Kier alpha value is -2.29. The van der Waals surface area contributed by atoms with Gasteiger partial charge in [0.1, 0.15) is 0 Å². The van der Waals surface area contributed by atoms with Gasteiger partial charge in [0.15, 0.2) is 0 Å². The number of carbonyl (C=O) groups is 1. The van der Waals surface area contributed by atoms with Crippen molar-refractivity contribution in [3.8, 4) is 0 Å². The van der Waals surface area contributed by atoms with Crippen LogP contribution < -0.4 is 4.90 Å². The van der Waals surface area contributed by atoms with Gasteiger partial charge in [0.2, 0.25) is 0 Å². The molecule has 1 atom stereocenters. The topological polar surface area (TPSA) is 29.5 Å². The van der Waals surface area contributed by atoms with Crippen molar-refractivity contribution in [1.29, 1.82) is 0 Å². The number of hydrogen-bond donors (Lipinski definition) is 0. The molecule has 0 unspecified atom stereocenters. The summed E-state index contributed by atoms with van der Waals surface area (Å²) in [6.07, 6.45) is 0.560. The highest BCUT2D eigenvalue weighted by Crippen LogP contribution is 2.50. The van der Waals surface area contributed by atoms with Crippen molar-refractivity contribution in [3.63, 3.8) is 0 Å². The van der Waals surface area contributed by atoms with Crippen LogP contribution in [0.25, 0.3) is 0 Å². The van der Waals surface area contributed by atoms with Crippen molar-refractivity contribution in [2.24, 2.45) is 0 Å². The molecule has 0 fully saturated rings. The fourth-order valence-corrected chi connectivity index (χ4v) is 4.10. The van der Waals surface area contributed by atoms with E-state index >= 15 is 0 Å². The molecule has 126 valence electrons. The second-order valence-electron chi connectivity index (χ2n) is 7.24. The molecule has 0 aliphatic carbocycles. The van der Waals surface area contributed by atoms with Crippen LogP contribution in [0.5, 0.6) is 0 Å². The molecule has 0 aromatic heterocycles. The largest absolute Gasteiger partial charge is 0.449 e. The summed E-state index contributed by atoms with van der Waals surface area (Å²) >= 11 is 0. The average molecular weight is 323 g/mol. The zero-order valence-electron chi connectivity index (χ0n) is 14.9. The molecule has 1 heterocycles. The molecule has 1 aliphatic rings. The number of anilines is 1. The lowest BCUT2D eigenvalue weighted by atomic mass is 9.65. The molecule has 2 aromatic carbocycles. The third-order valence-corrected chi connectivity index (χ3v) is 4.99. The lowest BCUT2D eigenvalue weighted by Crippen LogP contribution is -2.56. The normalized spacial score (nSPS) is 21.9. The van der Waals surface area contributed by atoms with Crippen LogP contribution in [0.2, 0.25) is 0 Å². The molecule has 0 radical (unpaired) electrons. The third-order valence-electron chi connectivity index (χ3n) is 4.99. The molecule has 1 aliphatic heterocycles. The predicted molar refractivity (Wildman–Crippen MR) is 97.5 cm³/mol. The van der Waals surface area contributed by atoms with Gasteiger partial charge in [-0.3, -0.25) is 4.90 Å². The van der Waals surface area contributed by atoms with Gasteiger partial charge in [0, 0.05) is 11.0 Å². The molecule has 3 nitrogen and oxygen atoms in total. The molecular weight excluding hydrogens is 298 g/mol. The summed E-state index contributed by atoms with van der Waals surface area (Å²) in [4.78, 5) is 14.4. The average Bonchev–Trinajstić information content (AvgIpc) is 2.55. The Balaban J connectivity index is 2.19. The summed E-state index contributed by atoms with van der Waals surface area (Å²) in [5.41, 5.74) is 2.89. The Kier molecular flexibility index (Phi) is 4.12. The summed E-state index contributed by atoms with van der Waals surface area (Å²) in [5.74, 6) is 0. The summed E-state index contributed by atoms with van der Waals surface area (Å²) in [7, 11) is 0. The molecule has 2 aromatic rings. The molecule has 0 N–H and O–H groups in total. The number of rotatable bonds is 2. The van der Waals surface area contributed by atoms with E-state index in [9.17, 15) is 4.79 Å². The van der Waals surface area contributed by atoms with Gasteiger partial charge in [-0.1, -0.05) is 55.5 Å². The Morgan fingerprint density at radius 2 is 1.67 bits per heavy atom. The van der Waals surface area contributed by atoms with Gasteiger partial charge in [0.25, 0.3) is 0 Å². The molecule has 1 amide bonds. The fourth-order valence-electron chi connectivity index (χ4n) is 4.10. The Labute approximate surface area is 144 Å². The zero-order chi connectivity index (χ0) is 17.4. The van der Waals surface area contributed by atoms with Crippen LogP contribution in [0.3, 0.4) is 0 Å². The van der Waals surface area contributed by atoms with Gasteiger partial charge < -0.3 is 4.74 Å². The molecule has 0 spiro atoms. The Bertz CT molecular complexity index is 739. The Morgan fingerprint density at radius 1 is 1.04 bits per heavy atom. The van der Waals surface area contributed by atoms with E-state index in [0.717, 1.165) is 12.1 Å². The molecule has 0 saturated carbocycles. The second-order valence-corrected chi connectivity index (χ2v) is 7.24. The fraction of sp³-hybridized carbons (Fsp3) is 0.381. The number of nitrogens with zero attached hydrogens (tertiary/aromatic N) is 1. The van der Waals surface area contributed by atoms with Gasteiger partial charge in [-0.15, -0.1) is 0 Å². The van der Waals surface area contributed by atoms with Crippen molar-refractivity contribution in [2.45, 2.75) is 45.1 Å². The van der Waals surface area contributed by atoms with E-state index in [1.54, 1.807) is 0 Å². The number of fused-ring (bicyclic) bond motifs is 1. The number of ether oxygens (including phenoxy) is 1. The molecule has 0 saturated heterocycles. The van der Waals surface area contributed by atoms with E-state index in [2.05, 4.69) is 51.1 Å². The van der Waals surface area contributed by atoms with Crippen LogP contribution in [-0.4, -0.2) is 18.2 Å². The van der Waals surface area contributed by atoms with Crippen molar-refractivity contribution in [3.05, 3.63) is 65.7 Å². The highest BCUT2D eigenvalue weighted by atomic mass is 16.6. The first-order chi connectivity index (χ1) is 11.4. The molecule has 0 bridgehead atoms. The molecule has 3 heteroatoms. The molecule has 3 rings (SSSR count). The first kappa shape index (κ1) is 16.6. The SMILES string of the molecule is CCOC(=O)N1c2ccccc2[C@@](C)(c2ccccc2)CC1(C)C. The summed E-state index contributed by atoms with van der Waals surface area (Å²) < 4.78 is 5.33. The van der Waals surface area contributed by atoms with Crippen molar-refractivity contribution in [2.75, 3.05) is 11.5 Å². The standard InChI is InChI=1S/C21H25NO2/c1-5-24-19(23)22-18-14-10-9-13-17(18)21(4,15-20(22,2)3)16-11-7-6-8-12-16/h6-14H,5,15H2,1-4H3/t21-/m1/s1. The number of benzene rings is 2. The quantitative estimate of drug-likeness (QED) is 0.766. The van der Waals surface area contributed by atoms with E-state index in [1.807, 2.05) is 36.1 Å². The minimum absolute atomic E-state index is 0.148. The summed E-state index contributed by atoms with van der Waals surface area (Å²) in [6, 6.07) is 18.7. The number of hydrogen-bond acceptors (Lipinski definition) is 2. The van der Waals surface area contributed by atoms with Gasteiger partial charge >= 0.3 is 6.09 Å². The maximum Gasteiger partial charge on any atom is 0.414 e. The minimum atomic E-state index is -0.342. The van der Waals surface area contributed by atoms with Crippen molar-refractivity contribution < 1.29 is 9.53 Å². The second kappa shape index (κ2) is 5.97. The van der Waals surface area contributed by atoms with Crippen LogP contribution in [0.4, 0.5) is 10.5 Å². The van der Waals surface area contributed by atoms with E-state index in [0.29, 0.717) is 6.61 Å². The van der Waals surface area contributed by atoms with Gasteiger partial charge in [-0.25, -0.2) is 4.79 Å².